The zero-order chi connectivity index (χ0) is 20.6. The maximum absolute atomic E-state index is 11.6. The molecule has 0 heterocycles. The zero-order valence-corrected chi connectivity index (χ0v) is 17.7. The van der Waals surface area contributed by atoms with Crippen LogP contribution in [-0.2, 0) is 13.9 Å². The van der Waals surface area contributed by atoms with Crippen molar-refractivity contribution in [2.24, 2.45) is 0 Å². The Hall–Kier alpha value is 0.540. The van der Waals surface area contributed by atoms with Crippen LogP contribution in [0.2, 0.25) is 0 Å². The summed E-state index contributed by atoms with van der Waals surface area (Å²) in [6, 6.07) is 0. The first-order valence-corrected chi connectivity index (χ1v) is 11.9. The van der Waals surface area contributed by atoms with Crippen molar-refractivity contribution < 1.29 is 33.9 Å². The molecule has 0 spiro atoms. The van der Waals surface area contributed by atoms with Gasteiger partial charge in [0.05, 0.1) is 6.61 Å². The Morgan fingerprint density at radius 3 is 1.50 bits per heavy atom. The third-order valence-electron chi connectivity index (χ3n) is 4.79. The standard InChI is InChI=1S/C19H39O7P.Na.H/c1-2-3-4-5-6-7-8-9-10-11-12-13-14-15-16-19(22,17-20)18(21)26-27(23,24)25;;/h20,22H,2-17H2,1H3,(H2,23,24,25);;. The summed E-state index contributed by atoms with van der Waals surface area (Å²) in [5, 5.41) is 19.1. The van der Waals surface area contributed by atoms with Gasteiger partial charge in [0.1, 0.15) is 0 Å². The van der Waals surface area contributed by atoms with Gasteiger partial charge in [0, 0.05) is 0 Å². The third-order valence-corrected chi connectivity index (χ3v) is 5.19. The van der Waals surface area contributed by atoms with Gasteiger partial charge in [-0.15, -0.1) is 0 Å². The average Bonchev–Trinajstić information content (AvgIpc) is 2.60. The first kappa shape index (κ1) is 30.7. The summed E-state index contributed by atoms with van der Waals surface area (Å²) < 4.78 is 14.5. The van der Waals surface area contributed by atoms with Gasteiger partial charge in [-0.3, -0.25) is 9.79 Å². The quantitative estimate of drug-likeness (QED) is 0.148. The fraction of sp³-hybridized carbons (Fsp3) is 0.947. The molecule has 4 N–H and O–H groups in total. The second kappa shape index (κ2) is 18.3. The monoisotopic (exact) mass is 434 g/mol. The van der Waals surface area contributed by atoms with E-state index < -0.39 is 26.0 Å². The second-order valence-electron chi connectivity index (χ2n) is 7.41. The second-order valence-corrected chi connectivity index (χ2v) is 8.57. The molecule has 0 bridgehead atoms. The number of unbranched alkanes of at least 4 members (excludes halogenated alkanes) is 13. The summed E-state index contributed by atoms with van der Waals surface area (Å²) in [5.41, 5.74) is -2.25. The van der Waals surface area contributed by atoms with Crippen LogP contribution in [0.4, 0.5) is 0 Å². The summed E-state index contributed by atoms with van der Waals surface area (Å²) in [6.07, 6.45) is 16.2. The molecule has 28 heavy (non-hydrogen) atoms. The molecule has 9 heteroatoms. The van der Waals surface area contributed by atoms with Gasteiger partial charge in [-0.2, -0.15) is 0 Å². The fourth-order valence-electron chi connectivity index (χ4n) is 3.05. The van der Waals surface area contributed by atoms with Gasteiger partial charge in [-0.25, -0.2) is 9.36 Å². The Labute approximate surface area is 192 Å². The molecule has 1 unspecified atom stereocenters. The molecule has 0 rings (SSSR count). The minimum absolute atomic E-state index is 0. The van der Waals surface area contributed by atoms with Crippen molar-refractivity contribution in [3.63, 3.8) is 0 Å². The van der Waals surface area contributed by atoms with E-state index in [1.165, 1.54) is 64.2 Å². The number of phosphoric ester groups is 1. The number of hydrogen-bond acceptors (Lipinski definition) is 5. The van der Waals surface area contributed by atoms with E-state index in [1.54, 1.807) is 0 Å². The van der Waals surface area contributed by atoms with Crippen LogP contribution < -0.4 is 0 Å². The molecule has 0 amide bonds. The molecule has 0 aromatic heterocycles. The molecule has 0 aromatic rings. The van der Waals surface area contributed by atoms with Gasteiger partial charge in [0.25, 0.3) is 0 Å². The van der Waals surface area contributed by atoms with Crippen LogP contribution in [0.3, 0.4) is 0 Å². The Bertz CT molecular complexity index is 431. The van der Waals surface area contributed by atoms with Crippen molar-refractivity contribution in [1.82, 2.24) is 0 Å². The molecule has 164 valence electrons. The number of phosphoric acid groups is 1. The molecule has 0 aliphatic rings. The Kier molecular flexibility index (Phi) is 20.1. The first-order chi connectivity index (χ1) is 12.7. The predicted octanol–water partition coefficient (Wildman–Crippen LogP) is 3.57. The number of aliphatic hydroxyl groups excluding tert-OH is 1. The maximum atomic E-state index is 11.6. The molecular weight excluding hydrogens is 394 g/mol. The van der Waals surface area contributed by atoms with Gasteiger partial charge in [-0.1, -0.05) is 90.4 Å². The van der Waals surface area contributed by atoms with Gasteiger partial charge in [-0.05, 0) is 12.8 Å². The van der Waals surface area contributed by atoms with Crippen molar-refractivity contribution in [2.45, 2.75) is 109 Å². The van der Waals surface area contributed by atoms with Gasteiger partial charge in [0.15, 0.2) is 5.60 Å². The number of carbonyl (C=O) groups excluding carboxylic acids is 1. The van der Waals surface area contributed by atoms with E-state index in [1.807, 2.05) is 0 Å². The predicted molar refractivity (Wildman–Crippen MR) is 112 cm³/mol. The molecular formula is C19H40NaO7P. The topological polar surface area (TPSA) is 124 Å². The molecule has 0 aliphatic heterocycles. The first-order valence-electron chi connectivity index (χ1n) is 10.4. The molecule has 0 fully saturated rings. The third kappa shape index (κ3) is 17.4. The summed E-state index contributed by atoms with van der Waals surface area (Å²) in [7, 11) is -5.03. The van der Waals surface area contributed by atoms with Crippen LogP contribution in [0.15, 0.2) is 0 Å². The van der Waals surface area contributed by atoms with Crippen LogP contribution >= 0.6 is 7.82 Å². The molecule has 7 nitrogen and oxygen atoms in total. The van der Waals surface area contributed by atoms with Crippen molar-refractivity contribution in [3.05, 3.63) is 0 Å². The number of rotatable bonds is 18. The summed E-state index contributed by atoms with van der Waals surface area (Å²) in [6.45, 7) is 1.30. The van der Waals surface area contributed by atoms with E-state index >= 15 is 0 Å². The SMILES string of the molecule is CCCCCCCCCCCCCCCCC(O)(CO)C(=O)OP(=O)(O)O.[NaH]. The fourth-order valence-corrected chi connectivity index (χ4v) is 3.44. The molecule has 0 saturated heterocycles. The normalized spacial score (nSPS) is 13.6. The summed E-state index contributed by atoms with van der Waals surface area (Å²) >= 11 is 0. The van der Waals surface area contributed by atoms with Gasteiger partial charge >= 0.3 is 43.3 Å². The van der Waals surface area contributed by atoms with Crippen molar-refractivity contribution in [2.75, 3.05) is 6.61 Å². The van der Waals surface area contributed by atoms with E-state index in [2.05, 4.69) is 11.4 Å². The molecule has 1 atom stereocenters. The Balaban J connectivity index is 0. The van der Waals surface area contributed by atoms with Crippen LogP contribution in [0.1, 0.15) is 103 Å². The average molecular weight is 434 g/mol. The Morgan fingerprint density at radius 1 is 0.821 bits per heavy atom. The molecule has 0 radical (unpaired) electrons. The molecule has 0 aliphatic carbocycles. The van der Waals surface area contributed by atoms with Crippen molar-refractivity contribution in [1.29, 1.82) is 0 Å². The van der Waals surface area contributed by atoms with Crippen LogP contribution in [-0.4, -0.2) is 67.7 Å². The van der Waals surface area contributed by atoms with Gasteiger partial charge in [0.2, 0.25) is 0 Å². The molecule has 0 aromatic carbocycles. The molecule has 0 saturated carbocycles. The number of carbonyl (C=O) groups is 1. The summed E-state index contributed by atoms with van der Waals surface area (Å²) in [4.78, 5) is 28.8. The van der Waals surface area contributed by atoms with Gasteiger partial charge < -0.3 is 14.7 Å². The zero-order valence-electron chi connectivity index (χ0n) is 16.8. The van der Waals surface area contributed by atoms with Crippen LogP contribution in [0.5, 0.6) is 0 Å². The van der Waals surface area contributed by atoms with Crippen LogP contribution in [0.25, 0.3) is 0 Å². The minimum atomic E-state index is -5.03. The van der Waals surface area contributed by atoms with Crippen LogP contribution in [0, 0.1) is 0 Å². The van der Waals surface area contributed by atoms with Crippen molar-refractivity contribution in [3.8, 4) is 0 Å². The van der Waals surface area contributed by atoms with Crippen molar-refractivity contribution >= 4 is 43.3 Å². The van der Waals surface area contributed by atoms with E-state index in [-0.39, 0.29) is 36.0 Å². The van der Waals surface area contributed by atoms with E-state index in [0.29, 0.717) is 6.42 Å². The van der Waals surface area contributed by atoms with E-state index in [9.17, 15) is 14.5 Å². The number of hydrogen-bond donors (Lipinski definition) is 4. The number of aliphatic hydroxyl groups is 2. The van der Waals surface area contributed by atoms with E-state index in [0.717, 1.165) is 19.3 Å². The van der Waals surface area contributed by atoms with E-state index in [4.69, 9.17) is 14.9 Å². The Morgan fingerprint density at radius 2 is 1.18 bits per heavy atom. The summed E-state index contributed by atoms with van der Waals surface area (Å²) in [5.74, 6) is -1.48.